The van der Waals surface area contributed by atoms with Crippen LogP contribution in [0, 0.1) is 11.8 Å². The molecule has 1 amide bonds. The van der Waals surface area contributed by atoms with Gasteiger partial charge in [0.05, 0.1) is 13.0 Å². The lowest BCUT2D eigenvalue weighted by Gasteiger charge is -2.32. The summed E-state index contributed by atoms with van der Waals surface area (Å²) in [6, 6.07) is 7.68. The number of nitrogens with zero attached hydrogens (tertiary/aromatic N) is 1. The van der Waals surface area contributed by atoms with Gasteiger partial charge in [-0.25, -0.2) is 0 Å². The molecule has 5 heteroatoms. The largest absolute Gasteiger partial charge is 0.497 e. The first-order chi connectivity index (χ1) is 10.5. The fraction of sp³-hybridized carbons (Fsp3) is 0.529. The van der Waals surface area contributed by atoms with Gasteiger partial charge in [0.25, 0.3) is 0 Å². The number of ether oxygens (including phenoxy) is 1. The van der Waals surface area contributed by atoms with E-state index in [1.54, 1.807) is 12.0 Å². The van der Waals surface area contributed by atoms with Crippen molar-refractivity contribution >= 4 is 11.9 Å². The molecule has 0 radical (unpaired) electrons. The molecule has 1 aromatic carbocycles. The van der Waals surface area contributed by atoms with Gasteiger partial charge in [0.2, 0.25) is 5.91 Å². The molecule has 1 N–H and O–H groups in total. The van der Waals surface area contributed by atoms with Crippen LogP contribution in [-0.4, -0.2) is 42.1 Å². The average Bonchev–Trinajstić information content (AvgIpc) is 2.54. The summed E-state index contributed by atoms with van der Waals surface area (Å²) in [7, 11) is 1.62. The smallest absolute Gasteiger partial charge is 0.308 e. The third-order valence-corrected chi connectivity index (χ3v) is 4.20. The van der Waals surface area contributed by atoms with E-state index in [1.807, 2.05) is 31.2 Å². The van der Waals surface area contributed by atoms with Crippen LogP contribution in [0.5, 0.6) is 5.75 Å². The first-order valence-electron chi connectivity index (χ1n) is 7.65. The fourth-order valence-corrected chi connectivity index (χ4v) is 2.89. The van der Waals surface area contributed by atoms with Crippen LogP contribution in [0.1, 0.15) is 25.3 Å². The van der Waals surface area contributed by atoms with Gasteiger partial charge in [-0.3, -0.25) is 9.59 Å². The Morgan fingerprint density at radius 1 is 1.36 bits per heavy atom. The Labute approximate surface area is 130 Å². The minimum absolute atomic E-state index is 0.0433. The summed E-state index contributed by atoms with van der Waals surface area (Å²) in [5.74, 6) is -0.544. The molecule has 120 valence electrons. The summed E-state index contributed by atoms with van der Waals surface area (Å²) in [5, 5.41) is 9.11. The number of carboxylic acid groups (broad SMARTS) is 1. The second kappa shape index (κ2) is 7.29. The molecule has 1 aromatic rings. The van der Waals surface area contributed by atoms with E-state index in [1.165, 1.54) is 0 Å². The first kappa shape index (κ1) is 16.3. The van der Waals surface area contributed by atoms with Gasteiger partial charge < -0.3 is 14.7 Å². The van der Waals surface area contributed by atoms with Crippen LogP contribution >= 0.6 is 0 Å². The molecule has 0 aliphatic carbocycles. The Morgan fingerprint density at radius 3 is 2.64 bits per heavy atom. The number of carbonyl (C=O) groups is 2. The zero-order chi connectivity index (χ0) is 16.1. The van der Waals surface area contributed by atoms with Gasteiger partial charge >= 0.3 is 5.97 Å². The molecule has 1 aliphatic heterocycles. The van der Waals surface area contributed by atoms with Crippen LogP contribution in [0.4, 0.5) is 0 Å². The lowest BCUT2D eigenvalue weighted by atomic mass is 9.95. The van der Waals surface area contributed by atoms with Crippen molar-refractivity contribution in [2.24, 2.45) is 11.8 Å². The maximum Gasteiger partial charge on any atom is 0.308 e. The molecule has 1 fully saturated rings. The van der Waals surface area contributed by atoms with E-state index in [0.29, 0.717) is 25.9 Å². The number of amides is 1. The molecule has 5 nitrogen and oxygen atoms in total. The summed E-state index contributed by atoms with van der Waals surface area (Å²) < 4.78 is 5.12. The predicted molar refractivity (Wildman–Crippen MR) is 82.8 cm³/mol. The number of hydrogen-bond donors (Lipinski definition) is 1. The van der Waals surface area contributed by atoms with Crippen molar-refractivity contribution in [3.05, 3.63) is 29.8 Å². The van der Waals surface area contributed by atoms with Gasteiger partial charge in [0.1, 0.15) is 5.75 Å². The second-order valence-corrected chi connectivity index (χ2v) is 5.91. The number of carbonyl (C=O) groups excluding carboxylic acids is 1. The Kier molecular flexibility index (Phi) is 5.41. The molecule has 1 saturated heterocycles. The standard InChI is InChI=1S/C17H23NO4/c1-12(10-13-5-7-15(22-2)8-6-13)16(19)18-9-3-4-14(11-18)17(20)21/h5-8,12,14H,3-4,9-11H2,1-2H3,(H,20,21)/t12-,14-/m0/s1. The molecule has 0 spiro atoms. The molecule has 0 unspecified atom stereocenters. The maximum absolute atomic E-state index is 12.5. The van der Waals surface area contributed by atoms with Crippen molar-refractivity contribution in [2.45, 2.75) is 26.2 Å². The van der Waals surface area contributed by atoms with E-state index in [2.05, 4.69) is 0 Å². The number of hydrogen-bond acceptors (Lipinski definition) is 3. The van der Waals surface area contributed by atoms with E-state index in [-0.39, 0.29) is 11.8 Å². The van der Waals surface area contributed by atoms with Gasteiger partial charge in [-0.05, 0) is 37.0 Å². The highest BCUT2D eigenvalue weighted by atomic mass is 16.5. The minimum atomic E-state index is -0.805. The second-order valence-electron chi connectivity index (χ2n) is 5.91. The molecular weight excluding hydrogens is 282 g/mol. The molecule has 1 heterocycles. The molecule has 0 aromatic heterocycles. The van der Waals surface area contributed by atoms with Crippen molar-refractivity contribution in [2.75, 3.05) is 20.2 Å². The van der Waals surface area contributed by atoms with Gasteiger partial charge in [0.15, 0.2) is 0 Å². The van der Waals surface area contributed by atoms with E-state index in [9.17, 15) is 9.59 Å². The van der Waals surface area contributed by atoms with E-state index >= 15 is 0 Å². The van der Waals surface area contributed by atoms with Crippen molar-refractivity contribution in [1.82, 2.24) is 4.90 Å². The number of rotatable bonds is 5. The van der Waals surface area contributed by atoms with Gasteiger partial charge in [-0.15, -0.1) is 0 Å². The highest BCUT2D eigenvalue weighted by molar-refractivity contribution is 5.80. The molecule has 22 heavy (non-hydrogen) atoms. The van der Waals surface area contributed by atoms with Gasteiger partial charge in [-0.2, -0.15) is 0 Å². The van der Waals surface area contributed by atoms with Gasteiger partial charge in [-0.1, -0.05) is 19.1 Å². The molecular formula is C17H23NO4. The molecule has 0 bridgehead atoms. The van der Waals surface area contributed by atoms with Crippen molar-refractivity contribution in [3.8, 4) is 5.75 Å². The number of likely N-dealkylation sites (tertiary alicyclic amines) is 1. The lowest BCUT2D eigenvalue weighted by molar-refractivity contribution is -0.146. The Bertz CT molecular complexity index is 526. The van der Waals surface area contributed by atoms with E-state index < -0.39 is 11.9 Å². The molecule has 2 rings (SSSR count). The van der Waals surface area contributed by atoms with Crippen LogP contribution in [0.2, 0.25) is 0 Å². The van der Waals surface area contributed by atoms with Crippen molar-refractivity contribution < 1.29 is 19.4 Å². The van der Waals surface area contributed by atoms with Crippen molar-refractivity contribution in [1.29, 1.82) is 0 Å². The SMILES string of the molecule is COc1ccc(C[C@H](C)C(=O)N2CCC[C@H](C(=O)O)C2)cc1. The summed E-state index contributed by atoms with van der Waals surface area (Å²) in [6.07, 6.45) is 2.07. The van der Waals surface area contributed by atoms with Crippen LogP contribution in [0.15, 0.2) is 24.3 Å². The average molecular weight is 305 g/mol. The number of benzene rings is 1. The van der Waals surface area contributed by atoms with Gasteiger partial charge in [0, 0.05) is 19.0 Å². The number of piperidine rings is 1. The summed E-state index contributed by atoms with van der Waals surface area (Å²) in [5.41, 5.74) is 1.08. The van der Waals surface area contributed by atoms with Crippen LogP contribution in [0.25, 0.3) is 0 Å². The Hall–Kier alpha value is -2.04. The van der Waals surface area contributed by atoms with Crippen LogP contribution in [0.3, 0.4) is 0 Å². The van der Waals surface area contributed by atoms with Crippen molar-refractivity contribution in [3.63, 3.8) is 0 Å². The highest BCUT2D eigenvalue weighted by Gasteiger charge is 2.30. The summed E-state index contributed by atoms with van der Waals surface area (Å²) in [6.45, 7) is 2.90. The summed E-state index contributed by atoms with van der Waals surface area (Å²) in [4.78, 5) is 25.3. The normalized spacial score (nSPS) is 19.5. The number of methoxy groups -OCH3 is 1. The van der Waals surface area contributed by atoms with E-state index in [0.717, 1.165) is 17.7 Å². The van der Waals surface area contributed by atoms with E-state index in [4.69, 9.17) is 9.84 Å². The topological polar surface area (TPSA) is 66.8 Å². The van der Waals surface area contributed by atoms with Crippen LogP contribution in [-0.2, 0) is 16.0 Å². The molecule has 0 saturated carbocycles. The minimum Gasteiger partial charge on any atom is -0.497 e. The first-order valence-corrected chi connectivity index (χ1v) is 7.65. The third-order valence-electron chi connectivity index (χ3n) is 4.20. The fourth-order valence-electron chi connectivity index (χ4n) is 2.89. The Morgan fingerprint density at radius 2 is 2.05 bits per heavy atom. The zero-order valence-corrected chi connectivity index (χ0v) is 13.1. The maximum atomic E-state index is 12.5. The number of carboxylic acids is 1. The quantitative estimate of drug-likeness (QED) is 0.905. The zero-order valence-electron chi connectivity index (χ0n) is 13.1. The lowest BCUT2D eigenvalue weighted by Crippen LogP contribution is -2.44. The summed E-state index contributed by atoms with van der Waals surface area (Å²) >= 11 is 0. The van der Waals surface area contributed by atoms with Crippen LogP contribution < -0.4 is 4.74 Å². The highest BCUT2D eigenvalue weighted by Crippen LogP contribution is 2.21. The predicted octanol–water partition coefficient (Wildman–Crippen LogP) is 2.20. The third kappa shape index (κ3) is 4.00. The molecule has 1 aliphatic rings. The monoisotopic (exact) mass is 305 g/mol. The number of aliphatic carboxylic acids is 1. The Balaban J connectivity index is 1.94. The molecule has 2 atom stereocenters.